The number of benzene rings is 1. The molecule has 0 saturated carbocycles. The number of unbranched alkanes of at least 4 members (excludes halogenated alkanes) is 5. The fraction of sp³-hybridized carbons (Fsp3) is 0.556. The van der Waals surface area contributed by atoms with Crippen molar-refractivity contribution in [3.05, 3.63) is 35.6 Å². The van der Waals surface area contributed by atoms with Crippen molar-refractivity contribution >= 4 is 11.0 Å². The van der Waals surface area contributed by atoms with E-state index >= 15 is 0 Å². The molecule has 0 aliphatic rings. The summed E-state index contributed by atoms with van der Waals surface area (Å²) in [4.78, 5) is 0. The maximum Gasteiger partial charge on any atom is 0.134 e. The first kappa shape index (κ1) is 16.1. The van der Waals surface area contributed by atoms with Gasteiger partial charge in [0, 0.05) is 5.39 Å². The zero-order valence-electron chi connectivity index (χ0n) is 13.3. The second kappa shape index (κ2) is 8.20. The number of hydrogen-bond acceptors (Lipinski definition) is 3. The van der Waals surface area contributed by atoms with Crippen molar-refractivity contribution in [2.45, 2.75) is 64.8 Å². The molecule has 0 amide bonds. The van der Waals surface area contributed by atoms with Crippen LogP contribution in [-0.4, -0.2) is 0 Å². The zero-order valence-corrected chi connectivity index (χ0v) is 13.3. The lowest BCUT2D eigenvalue weighted by molar-refractivity contribution is 0.402. The summed E-state index contributed by atoms with van der Waals surface area (Å²) in [7, 11) is 0. The molecular weight excluding hydrogens is 260 g/mol. The van der Waals surface area contributed by atoms with E-state index in [1.54, 1.807) is 0 Å². The first-order valence-corrected chi connectivity index (χ1v) is 8.21. The maximum atomic E-state index is 5.93. The van der Waals surface area contributed by atoms with Crippen molar-refractivity contribution in [3.63, 3.8) is 0 Å². The van der Waals surface area contributed by atoms with Crippen LogP contribution < -0.4 is 11.3 Å². The summed E-state index contributed by atoms with van der Waals surface area (Å²) in [6, 6.07) is 8.49. The smallest absolute Gasteiger partial charge is 0.134 e. The largest absolute Gasteiger partial charge is 0.459 e. The average molecular weight is 288 g/mol. The van der Waals surface area contributed by atoms with E-state index in [-0.39, 0.29) is 6.04 Å². The number of fused-ring (bicyclic) bond motifs is 1. The second-order valence-electron chi connectivity index (χ2n) is 5.97. The highest BCUT2D eigenvalue weighted by molar-refractivity contribution is 5.78. The van der Waals surface area contributed by atoms with Crippen molar-refractivity contribution < 1.29 is 4.42 Å². The Labute approximate surface area is 127 Å². The average Bonchev–Trinajstić information content (AvgIpc) is 2.89. The molecule has 0 aliphatic heterocycles. The minimum absolute atomic E-state index is 0.115. The number of hydrogen-bond donors (Lipinski definition) is 2. The van der Waals surface area contributed by atoms with E-state index in [1.807, 2.05) is 6.07 Å². The van der Waals surface area contributed by atoms with Crippen LogP contribution in [-0.2, 0) is 0 Å². The van der Waals surface area contributed by atoms with E-state index < -0.39 is 0 Å². The molecule has 3 nitrogen and oxygen atoms in total. The van der Waals surface area contributed by atoms with Crippen molar-refractivity contribution in [2.24, 2.45) is 5.84 Å². The molecule has 2 rings (SSSR count). The second-order valence-corrected chi connectivity index (χ2v) is 5.97. The van der Waals surface area contributed by atoms with Gasteiger partial charge >= 0.3 is 0 Å². The Kier molecular flexibility index (Phi) is 6.27. The topological polar surface area (TPSA) is 51.2 Å². The first-order valence-electron chi connectivity index (χ1n) is 8.21. The van der Waals surface area contributed by atoms with E-state index in [2.05, 4.69) is 37.5 Å². The molecule has 1 heterocycles. The van der Waals surface area contributed by atoms with E-state index in [1.165, 1.54) is 44.1 Å². The van der Waals surface area contributed by atoms with Crippen molar-refractivity contribution in [2.75, 3.05) is 0 Å². The molecule has 3 N–H and O–H groups in total. The molecule has 3 heteroatoms. The molecule has 0 bridgehead atoms. The predicted octanol–water partition coefficient (Wildman–Crippen LogP) is 5.00. The van der Waals surface area contributed by atoms with Crippen LogP contribution in [0.3, 0.4) is 0 Å². The first-order chi connectivity index (χ1) is 10.2. The van der Waals surface area contributed by atoms with E-state index in [0.717, 1.165) is 23.2 Å². The summed E-state index contributed by atoms with van der Waals surface area (Å²) in [6.45, 7) is 4.35. The zero-order chi connectivity index (χ0) is 15.1. The highest BCUT2D eigenvalue weighted by atomic mass is 16.3. The molecule has 0 aliphatic carbocycles. The van der Waals surface area contributed by atoms with Crippen molar-refractivity contribution in [3.8, 4) is 0 Å². The number of hydrazine groups is 1. The molecule has 1 atom stereocenters. The third kappa shape index (κ3) is 4.58. The summed E-state index contributed by atoms with van der Waals surface area (Å²) < 4.78 is 5.93. The van der Waals surface area contributed by atoms with Gasteiger partial charge in [-0.1, -0.05) is 57.1 Å². The van der Waals surface area contributed by atoms with Gasteiger partial charge in [0.25, 0.3) is 0 Å². The summed E-state index contributed by atoms with van der Waals surface area (Å²) in [5.74, 6) is 6.66. The summed E-state index contributed by atoms with van der Waals surface area (Å²) in [5, 5.41) is 1.16. The summed E-state index contributed by atoms with van der Waals surface area (Å²) in [6.07, 6.45) is 8.81. The van der Waals surface area contributed by atoms with E-state index in [4.69, 9.17) is 10.3 Å². The van der Waals surface area contributed by atoms with Gasteiger partial charge in [0.2, 0.25) is 0 Å². The standard InChI is InChI=1S/C18H28N2O/c1-3-4-5-6-7-8-9-16(20-19)18-13-15-12-14(2)10-11-17(15)21-18/h10-13,16,20H,3-9,19H2,1-2H3. The summed E-state index contributed by atoms with van der Waals surface area (Å²) >= 11 is 0. The molecule has 0 radical (unpaired) electrons. The van der Waals surface area contributed by atoms with Gasteiger partial charge in [-0.25, -0.2) is 5.43 Å². The SMILES string of the molecule is CCCCCCCCC(NN)c1cc2cc(C)ccc2o1. The molecule has 21 heavy (non-hydrogen) atoms. The number of nitrogens with two attached hydrogens (primary N) is 1. The number of furan rings is 1. The van der Waals surface area contributed by atoms with Gasteiger partial charge in [0.05, 0.1) is 6.04 Å². The Morgan fingerprint density at radius 1 is 1.10 bits per heavy atom. The minimum atomic E-state index is 0.115. The number of rotatable bonds is 9. The molecular formula is C18H28N2O. The van der Waals surface area contributed by atoms with Crippen LogP contribution in [0.15, 0.2) is 28.7 Å². The van der Waals surface area contributed by atoms with Crippen LogP contribution in [0.25, 0.3) is 11.0 Å². The van der Waals surface area contributed by atoms with Crippen molar-refractivity contribution in [1.82, 2.24) is 5.43 Å². The minimum Gasteiger partial charge on any atom is -0.459 e. The lowest BCUT2D eigenvalue weighted by Gasteiger charge is -2.12. The molecule has 0 saturated heterocycles. The van der Waals surface area contributed by atoms with Gasteiger partial charge in [-0.05, 0) is 31.5 Å². The molecule has 0 fully saturated rings. The van der Waals surface area contributed by atoms with Crippen molar-refractivity contribution in [1.29, 1.82) is 0 Å². The van der Waals surface area contributed by atoms with Gasteiger partial charge in [-0.3, -0.25) is 5.84 Å². The van der Waals surface area contributed by atoms with E-state index in [9.17, 15) is 0 Å². The fourth-order valence-corrected chi connectivity index (χ4v) is 2.79. The Hall–Kier alpha value is -1.32. The van der Waals surface area contributed by atoms with Crippen LogP contribution in [0.5, 0.6) is 0 Å². The van der Waals surface area contributed by atoms with Crippen LogP contribution in [0.1, 0.15) is 69.2 Å². The van der Waals surface area contributed by atoms with Crippen LogP contribution in [0, 0.1) is 6.92 Å². The highest BCUT2D eigenvalue weighted by Gasteiger charge is 2.14. The predicted molar refractivity (Wildman–Crippen MR) is 89.0 cm³/mol. The van der Waals surface area contributed by atoms with Gasteiger partial charge in [-0.15, -0.1) is 0 Å². The Morgan fingerprint density at radius 3 is 2.62 bits per heavy atom. The Morgan fingerprint density at radius 2 is 1.86 bits per heavy atom. The van der Waals surface area contributed by atoms with Gasteiger partial charge in [0.1, 0.15) is 11.3 Å². The van der Waals surface area contributed by atoms with Crippen LogP contribution in [0.4, 0.5) is 0 Å². The molecule has 1 aromatic carbocycles. The highest BCUT2D eigenvalue weighted by Crippen LogP contribution is 2.27. The normalized spacial score (nSPS) is 12.9. The molecule has 116 valence electrons. The summed E-state index contributed by atoms with van der Waals surface area (Å²) in [5.41, 5.74) is 5.10. The molecule has 1 aromatic heterocycles. The van der Waals surface area contributed by atoms with Gasteiger partial charge < -0.3 is 4.42 Å². The monoisotopic (exact) mass is 288 g/mol. The number of aryl methyl sites for hydroxylation is 1. The molecule has 0 spiro atoms. The molecule has 2 aromatic rings. The van der Waals surface area contributed by atoms with E-state index in [0.29, 0.717) is 0 Å². The fourth-order valence-electron chi connectivity index (χ4n) is 2.79. The van der Waals surface area contributed by atoms with Gasteiger partial charge in [0.15, 0.2) is 0 Å². The Bertz CT molecular complexity index is 547. The maximum absolute atomic E-state index is 5.93. The third-order valence-corrected chi connectivity index (χ3v) is 4.08. The van der Waals surface area contributed by atoms with Gasteiger partial charge in [-0.2, -0.15) is 0 Å². The lowest BCUT2D eigenvalue weighted by atomic mass is 10.0. The van der Waals surface area contributed by atoms with Crippen LogP contribution in [0.2, 0.25) is 0 Å². The lowest BCUT2D eigenvalue weighted by Crippen LogP contribution is -2.27. The Balaban J connectivity index is 1.90. The molecule has 1 unspecified atom stereocenters. The quantitative estimate of drug-likeness (QED) is 0.388. The third-order valence-electron chi connectivity index (χ3n) is 4.08. The van der Waals surface area contributed by atoms with Crippen LogP contribution >= 0.6 is 0 Å². The number of nitrogens with one attached hydrogen (secondary N) is 1.